The Balaban J connectivity index is 1.77. The minimum Gasteiger partial charge on any atom is -0.350 e. The van der Waals surface area contributed by atoms with Crippen molar-refractivity contribution in [2.45, 2.75) is 31.3 Å². The van der Waals surface area contributed by atoms with Gasteiger partial charge in [0.2, 0.25) is 5.91 Å². The second kappa shape index (κ2) is 9.54. The summed E-state index contributed by atoms with van der Waals surface area (Å²) in [4.78, 5) is 43.8. The SMILES string of the molecule is CCSc1nc2c(s1)c(=O)n(-c1ccc(C)cc1)c(=O)n2CC(=O)NCc1ccccc1. The summed E-state index contributed by atoms with van der Waals surface area (Å²) in [6.07, 6.45) is 0. The molecule has 0 unspecified atom stereocenters. The molecule has 0 fully saturated rings. The summed E-state index contributed by atoms with van der Waals surface area (Å²) in [7, 11) is 0. The molecule has 0 aliphatic carbocycles. The molecule has 2 aromatic heterocycles. The maximum Gasteiger partial charge on any atom is 0.337 e. The van der Waals surface area contributed by atoms with Gasteiger partial charge in [-0.15, -0.1) is 11.3 Å². The number of nitrogens with zero attached hydrogens (tertiary/aromatic N) is 3. The van der Waals surface area contributed by atoms with Gasteiger partial charge in [-0.1, -0.05) is 66.7 Å². The number of aromatic nitrogens is 3. The summed E-state index contributed by atoms with van der Waals surface area (Å²) >= 11 is 2.75. The van der Waals surface area contributed by atoms with Gasteiger partial charge in [0.15, 0.2) is 9.99 Å². The number of carbonyl (C=O) groups excluding carboxylic acids is 1. The zero-order valence-electron chi connectivity index (χ0n) is 17.7. The minimum absolute atomic E-state index is 0.228. The van der Waals surface area contributed by atoms with E-state index in [2.05, 4.69) is 10.3 Å². The molecule has 4 rings (SSSR count). The number of hydrogen-bond acceptors (Lipinski definition) is 6. The van der Waals surface area contributed by atoms with Crippen molar-refractivity contribution in [2.24, 2.45) is 0 Å². The van der Waals surface area contributed by atoms with Gasteiger partial charge in [-0.3, -0.25) is 14.2 Å². The molecule has 0 saturated carbocycles. The van der Waals surface area contributed by atoms with Gasteiger partial charge >= 0.3 is 5.69 Å². The third kappa shape index (κ3) is 4.53. The second-order valence-corrected chi connectivity index (χ2v) is 9.68. The third-order valence-corrected chi connectivity index (χ3v) is 6.92. The molecule has 0 aliphatic rings. The first-order chi connectivity index (χ1) is 15.5. The molecule has 1 amide bonds. The fourth-order valence-corrected chi connectivity index (χ4v) is 5.23. The predicted octanol–water partition coefficient (Wildman–Crippen LogP) is 3.35. The van der Waals surface area contributed by atoms with Crippen LogP contribution in [0.1, 0.15) is 18.1 Å². The van der Waals surface area contributed by atoms with Gasteiger partial charge in [-0.25, -0.2) is 14.3 Å². The van der Waals surface area contributed by atoms with Crippen LogP contribution in [0.25, 0.3) is 16.0 Å². The van der Waals surface area contributed by atoms with E-state index in [1.807, 2.05) is 56.3 Å². The summed E-state index contributed by atoms with van der Waals surface area (Å²) < 4.78 is 3.45. The van der Waals surface area contributed by atoms with E-state index in [-0.39, 0.29) is 18.1 Å². The van der Waals surface area contributed by atoms with Crippen molar-refractivity contribution in [2.75, 3.05) is 5.75 Å². The second-order valence-electron chi connectivity index (χ2n) is 7.17. The van der Waals surface area contributed by atoms with Crippen LogP contribution < -0.4 is 16.6 Å². The van der Waals surface area contributed by atoms with E-state index in [4.69, 9.17) is 0 Å². The lowest BCUT2D eigenvalue weighted by Gasteiger charge is -2.12. The zero-order chi connectivity index (χ0) is 22.7. The summed E-state index contributed by atoms with van der Waals surface area (Å²) in [5.41, 5.74) is 1.68. The fraction of sp³-hybridized carbons (Fsp3) is 0.217. The first kappa shape index (κ1) is 22.0. The number of nitrogens with one attached hydrogen (secondary N) is 1. The number of thiazole rings is 1. The van der Waals surface area contributed by atoms with Crippen molar-refractivity contribution in [1.82, 2.24) is 19.4 Å². The fourth-order valence-electron chi connectivity index (χ4n) is 3.26. The van der Waals surface area contributed by atoms with Crippen molar-refractivity contribution >= 4 is 39.4 Å². The molecule has 0 radical (unpaired) electrons. The number of hydrogen-bond donors (Lipinski definition) is 1. The molecular formula is C23H22N4O3S2. The standard InChI is InChI=1S/C23H22N4O3S2/c1-3-31-22-25-20-19(32-22)21(29)27(17-11-9-15(2)10-12-17)23(30)26(20)14-18(28)24-13-16-7-5-4-6-8-16/h4-12H,3,13-14H2,1-2H3,(H,24,28). The van der Waals surface area contributed by atoms with Gasteiger partial charge in [0.05, 0.1) is 5.69 Å². The van der Waals surface area contributed by atoms with Crippen LogP contribution in [-0.4, -0.2) is 25.8 Å². The average molecular weight is 467 g/mol. The highest BCUT2D eigenvalue weighted by molar-refractivity contribution is 8.01. The Morgan fingerprint density at radius 1 is 1.09 bits per heavy atom. The van der Waals surface area contributed by atoms with E-state index in [1.165, 1.54) is 27.7 Å². The van der Waals surface area contributed by atoms with E-state index < -0.39 is 11.2 Å². The Kier molecular flexibility index (Phi) is 6.57. The lowest BCUT2D eigenvalue weighted by Crippen LogP contribution is -2.41. The number of fused-ring (bicyclic) bond motifs is 1. The molecule has 9 heteroatoms. The van der Waals surface area contributed by atoms with E-state index in [0.717, 1.165) is 21.4 Å². The Bertz CT molecular complexity index is 1370. The molecule has 2 aromatic carbocycles. The van der Waals surface area contributed by atoms with Gasteiger partial charge in [-0.2, -0.15) is 0 Å². The number of aryl methyl sites for hydroxylation is 1. The molecule has 2 heterocycles. The predicted molar refractivity (Wildman–Crippen MR) is 129 cm³/mol. The van der Waals surface area contributed by atoms with Gasteiger partial charge < -0.3 is 5.32 Å². The summed E-state index contributed by atoms with van der Waals surface area (Å²) in [5.74, 6) is 0.456. The van der Waals surface area contributed by atoms with Gasteiger partial charge in [0, 0.05) is 6.54 Å². The molecule has 4 aromatic rings. The number of thioether (sulfide) groups is 1. The molecule has 0 atom stereocenters. The molecule has 7 nitrogen and oxygen atoms in total. The topological polar surface area (TPSA) is 86.0 Å². The molecular weight excluding hydrogens is 444 g/mol. The van der Waals surface area contributed by atoms with Gasteiger partial charge in [-0.05, 0) is 30.4 Å². The molecule has 0 bridgehead atoms. The van der Waals surface area contributed by atoms with E-state index in [1.54, 1.807) is 12.1 Å². The van der Waals surface area contributed by atoms with Crippen molar-refractivity contribution in [3.05, 3.63) is 86.6 Å². The summed E-state index contributed by atoms with van der Waals surface area (Å²) in [5, 5.41) is 2.84. The zero-order valence-corrected chi connectivity index (χ0v) is 19.3. The van der Waals surface area contributed by atoms with Crippen LogP contribution >= 0.6 is 23.1 Å². The van der Waals surface area contributed by atoms with E-state index >= 15 is 0 Å². The van der Waals surface area contributed by atoms with Crippen LogP contribution in [0, 0.1) is 6.92 Å². The number of rotatable bonds is 7. The highest BCUT2D eigenvalue weighted by atomic mass is 32.2. The van der Waals surface area contributed by atoms with Crippen LogP contribution in [0.4, 0.5) is 0 Å². The minimum atomic E-state index is -0.584. The molecule has 1 N–H and O–H groups in total. The molecule has 0 saturated heterocycles. The maximum atomic E-state index is 13.4. The molecule has 164 valence electrons. The lowest BCUT2D eigenvalue weighted by atomic mass is 10.2. The summed E-state index contributed by atoms with van der Waals surface area (Å²) in [6.45, 7) is 4.05. The Morgan fingerprint density at radius 2 is 1.81 bits per heavy atom. The quantitative estimate of drug-likeness (QED) is 0.422. The first-order valence-electron chi connectivity index (χ1n) is 10.1. The Labute approximate surface area is 192 Å². The smallest absolute Gasteiger partial charge is 0.337 e. The third-order valence-electron chi connectivity index (χ3n) is 4.86. The van der Waals surface area contributed by atoms with Crippen molar-refractivity contribution in [1.29, 1.82) is 0 Å². The van der Waals surface area contributed by atoms with E-state index in [0.29, 0.717) is 21.3 Å². The number of benzene rings is 2. The van der Waals surface area contributed by atoms with Crippen molar-refractivity contribution in [3.63, 3.8) is 0 Å². The van der Waals surface area contributed by atoms with Crippen LogP contribution in [0.15, 0.2) is 68.5 Å². The normalized spacial score (nSPS) is 11.1. The first-order valence-corrected chi connectivity index (χ1v) is 11.9. The Hall–Kier alpha value is -3.17. The van der Waals surface area contributed by atoms with E-state index in [9.17, 15) is 14.4 Å². The van der Waals surface area contributed by atoms with Crippen LogP contribution in [0.3, 0.4) is 0 Å². The lowest BCUT2D eigenvalue weighted by molar-refractivity contribution is -0.121. The number of carbonyl (C=O) groups is 1. The van der Waals surface area contributed by atoms with Crippen LogP contribution in [-0.2, 0) is 17.9 Å². The molecule has 0 spiro atoms. The van der Waals surface area contributed by atoms with Gasteiger partial charge in [0.25, 0.3) is 5.56 Å². The van der Waals surface area contributed by atoms with Crippen molar-refractivity contribution < 1.29 is 4.79 Å². The Morgan fingerprint density at radius 3 is 2.50 bits per heavy atom. The maximum absolute atomic E-state index is 13.4. The molecule has 0 aliphatic heterocycles. The molecule has 32 heavy (non-hydrogen) atoms. The van der Waals surface area contributed by atoms with Crippen molar-refractivity contribution in [3.8, 4) is 5.69 Å². The van der Waals surface area contributed by atoms with Crippen LogP contribution in [0.2, 0.25) is 0 Å². The monoisotopic (exact) mass is 466 g/mol. The number of amides is 1. The van der Waals surface area contributed by atoms with Crippen LogP contribution in [0.5, 0.6) is 0 Å². The highest BCUT2D eigenvalue weighted by Gasteiger charge is 2.20. The highest BCUT2D eigenvalue weighted by Crippen LogP contribution is 2.27. The largest absolute Gasteiger partial charge is 0.350 e. The average Bonchev–Trinajstić information content (AvgIpc) is 3.22. The summed E-state index contributed by atoms with van der Waals surface area (Å²) in [6, 6.07) is 16.7. The van der Waals surface area contributed by atoms with Gasteiger partial charge in [0.1, 0.15) is 11.2 Å².